The maximum Gasteiger partial charge on any atom is 0.123 e. The van der Waals surface area contributed by atoms with E-state index in [1.807, 2.05) is 24.4 Å². The molecule has 18 heavy (non-hydrogen) atoms. The second-order valence-corrected chi connectivity index (χ2v) is 5.81. The molecule has 1 aromatic carbocycles. The van der Waals surface area contributed by atoms with Crippen LogP contribution in [0.2, 0.25) is 5.02 Å². The van der Waals surface area contributed by atoms with Gasteiger partial charge in [0.2, 0.25) is 0 Å². The fourth-order valence-electron chi connectivity index (χ4n) is 1.89. The van der Waals surface area contributed by atoms with E-state index in [-0.39, 0.29) is 0 Å². The molecule has 0 aliphatic carbocycles. The van der Waals surface area contributed by atoms with Crippen molar-refractivity contribution in [1.29, 1.82) is 0 Å². The van der Waals surface area contributed by atoms with E-state index in [0.29, 0.717) is 6.04 Å². The smallest absolute Gasteiger partial charge is 0.123 e. The first-order valence-corrected chi connectivity index (χ1v) is 7.27. The molecule has 2 nitrogen and oxygen atoms in total. The van der Waals surface area contributed by atoms with Crippen molar-refractivity contribution in [3.63, 3.8) is 0 Å². The molecule has 0 saturated carbocycles. The lowest BCUT2D eigenvalue weighted by molar-refractivity contribution is 0.606. The summed E-state index contributed by atoms with van der Waals surface area (Å²) in [6.45, 7) is 7.31. The Morgan fingerprint density at radius 3 is 2.89 bits per heavy atom. The fraction of sp³-hybridized carbons (Fsp3) is 0.357. The van der Waals surface area contributed by atoms with Crippen LogP contribution < -0.4 is 5.32 Å². The van der Waals surface area contributed by atoms with Crippen molar-refractivity contribution in [2.45, 2.75) is 26.8 Å². The summed E-state index contributed by atoms with van der Waals surface area (Å²) in [6.07, 6.45) is 1.96. The van der Waals surface area contributed by atoms with Crippen LogP contribution in [0.3, 0.4) is 0 Å². The summed E-state index contributed by atoms with van der Waals surface area (Å²) in [6, 6.07) is 6.29. The highest BCUT2D eigenvalue weighted by Gasteiger charge is 2.11. The molecule has 1 aromatic heterocycles. The number of thiazole rings is 1. The summed E-state index contributed by atoms with van der Waals surface area (Å²) in [7, 11) is 0. The molecule has 0 radical (unpaired) electrons. The zero-order chi connectivity index (χ0) is 13.1. The molecule has 1 unspecified atom stereocenters. The lowest BCUT2D eigenvalue weighted by Crippen LogP contribution is -2.16. The molecule has 0 aliphatic heterocycles. The minimum absolute atomic E-state index is 0.355. The lowest BCUT2D eigenvalue weighted by Gasteiger charge is -2.08. The average molecular weight is 281 g/mol. The Hall–Kier alpha value is -0.900. The quantitative estimate of drug-likeness (QED) is 0.895. The van der Waals surface area contributed by atoms with E-state index in [1.165, 1.54) is 16.0 Å². The van der Waals surface area contributed by atoms with Gasteiger partial charge < -0.3 is 5.32 Å². The van der Waals surface area contributed by atoms with Gasteiger partial charge in [0, 0.05) is 27.7 Å². The van der Waals surface area contributed by atoms with E-state index in [2.05, 4.69) is 31.1 Å². The molecule has 0 fully saturated rings. The predicted octanol–water partition coefficient (Wildman–Crippen LogP) is 4.44. The van der Waals surface area contributed by atoms with Crippen LogP contribution >= 0.6 is 22.9 Å². The molecule has 1 N–H and O–H groups in total. The Morgan fingerprint density at radius 2 is 2.22 bits per heavy atom. The summed E-state index contributed by atoms with van der Waals surface area (Å²) < 4.78 is 0. The fourth-order valence-corrected chi connectivity index (χ4v) is 3.14. The number of nitrogens with one attached hydrogen (secondary N) is 1. The Balaban J connectivity index is 2.29. The Kier molecular flexibility index (Phi) is 4.38. The predicted molar refractivity (Wildman–Crippen MR) is 79.4 cm³/mol. The van der Waals surface area contributed by atoms with Gasteiger partial charge in [-0.1, -0.05) is 24.6 Å². The number of aryl methyl sites for hydroxylation is 1. The monoisotopic (exact) mass is 280 g/mol. The number of aromatic nitrogens is 1. The van der Waals surface area contributed by atoms with Crippen LogP contribution in [0.5, 0.6) is 0 Å². The number of benzene rings is 1. The first-order valence-electron chi connectivity index (χ1n) is 6.07. The van der Waals surface area contributed by atoms with E-state index in [4.69, 9.17) is 11.6 Å². The highest BCUT2D eigenvalue weighted by Crippen LogP contribution is 2.31. The molecular weight excluding hydrogens is 264 g/mol. The average Bonchev–Trinajstić information content (AvgIpc) is 2.78. The second-order valence-electron chi connectivity index (χ2n) is 4.31. The van der Waals surface area contributed by atoms with Gasteiger partial charge in [0.05, 0.1) is 0 Å². The molecule has 0 spiro atoms. The number of hydrogen-bond acceptors (Lipinski definition) is 3. The molecule has 96 valence electrons. The molecule has 0 amide bonds. The van der Waals surface area contributed by atoms with Crippen molar-refractivity contribution in [3.05, 3.63) is 39.9 Å². The van der Waals surface area contributed by atoms with Crippen molar-refractivity contribution in [1.82, 2.24) is 10.3 Å². The van der Waals surface area contributed by atoms with E-state index in [9.17, 15) is 0 Å². The maximum atomic E-state index is 5.97. The van der Waals surface area contributed by atoms with Crippen LogP contribution in [-0.2, 0) is 0 Å². The van der Waals surface area contributed by atoms with Gasteiger partial charge in [-0.25, -0.2) is 4.98 Å². The highest BCUT2D eigenvalue weighted by atomic mass is 35.5. The van der Waals surface area contributed by atoms with Gasteiger partial charge in [-0.3, -0.25) is 0 Å². The van der Waals surface area contributed by atoms with Gasteiger partial charge in [-0.15, -0.1) is 11.3 Å². The van der Waals surface area contributed by atoms with Gasteiger partial charge in [0.1, 0.15) is 5.01 Å². The van der Waals surface area contributed by atoms with Crippen LogP contribution in [0.25, 0.3) is 10.6 Å². The minimum atomic E-state index is 0.355. The summed E-state index contributed by atoms with van der Waals surface area (Å²) in [5.74, 6) is 0. The second kappa shape index (κ2) is 5.83. The van der Waals surface area contributed by atoms with Gasteiger partial charge in [-0.05, 0) is 38.1 Å². The number of rotatable bonds is 4. The maximum absolute atomic E-state index is 5.97. The number of hydrogen-bond donors (Lipinski definition) is 1. The SMILES string of the molecule is CCNC(C)c1cnc(-c2ccc(Cl)cc2C)s1. The van der Waals surface area contributed by atoms with Crippen molar-refractivity contribution in [2.24, 2.45) is 0 Å². The van der Waals surface area contributed by atoms with Crippen molar-refractivity contribution >= 4 is 22.9 Å². The molecule has 0 aliphatic rings. The van der Waals surface area contributed by atoms with Gasteiger partial charge >= 0.3 is 0 Å². The van der Waals surface area contributed by atoms with Crippen LogP contribution in [0, 0.1) is 6.92 Å². The lowest BCUT2D eigenvalue weighted by atomic mass is 10.1. The van der Waals surface area contributed by atoms with Crippen LogP contribution in [0.15, 0.2) is 24.4 Å². The van der Waals surface area contributed by atoms with Crippen molar-refractivity contribution in [2.75, 3.05) is 6.54 Å². The Bertz CT molecular complexity index is 536. The zero-order valence-corrected chi connectivity index (χ0v) is 12.4. The summed E-state index contributed by atoms with van der Waals surface area (Å²) >= 11 is 7.71. The molecule has 4 heteroatoms. The first kappa shape index (κ1) is 13.5. The van der Waals surface area contributed by atoms with E-state index in [0.717, 1.165) is 16.6 Å². The van der Waals surface area contributed by atoms with Gasteiger partial charge in [0.25, 0.3) is 0 Å². The van der Waals surface area contributed by atoms with Gasteiger partial charge in [-0.2, -0.15) is 0 Å². The minimum Gasteiger partial charge on any atom is -0.310 e. The normalized spacial score (nSPS) is 12.7. The highest BCUT2D eigenvalue weighted by molar-refractivity contribution is 7.15. The molecule has 1 heterocycles. The third kappa shape index (κ3) is 2.91. The van der Waals surface area contributed by atoms with E-state index >= 15 is 0 Å². The summed E-state index contributed by atoms with van der Waals surface area (Å²) in [5.41, 5.74) is 2.33. The summed E-state index contributed by atoms with van der Waals surface area (Å²) in [5, 5.41) is 5.23. The van der Waals surface area contributed by atoms with Crippen LogP contribution in [0.4, 0.5) is 0 Å². The topological polar surface area (TPSA) is 24.9 Å². The molecule has 1 atom stereocenters. The molecule has 0 bridgehead atoms. The third-order valence-electron chi connectivity index (χ3n) is 2.88. The van der Waals surface area contributed by atoms with Crippen LogP contribution in [0.1, 0.15) is 30.3 Å². The van der Waals surface area contributed by atoms with Crippen LogP contribution in [-0.4, -0.2) is 11.5 Å². The zero-order valence-electron chi connectivity index (χ0n) is 10.8. The van der Waals surface area contributed by atoms with Gasteiger partial charge in [0.15, 0.2) is 0 Å². The van der Waals surface area contributed by atoms with Crippen molar-refractivity contribution < 1.29 is 0 Å². The van der Waals surface area contributed by atoms with E-state index in [1.54, 1.807) is 11.3 Å². The molecule has 2 aromatic rings. The molecular formula is C14H17ClN2S. The summed E-state index contributed by atoms with van der Waals surface area (Å²) in [4.78, 5) is 5.78. The molecule has 2 rings (SSSR count). The standard InChI is InChI=1S/C14H17ClN2S/c1-4-16-10(3)13-8-17-14(18-13)12-6-5-11(15)7-9(12)2/h5-8,10,16H,4H2,1-3H3. The number of halogens is 1. The first-order chi connectivity index (χ1) is 8.61. The number of nitrogens with zero attached hydrogens (tertiary/aromatic N) is 1. The Morgan fingerprint density at radius 1 is 1.44 bits per heavy atom. The van der Waals surface area contributed by atoms with E-state index < -0.39 is 0 Å². The Labute approximate surface area is 117 Å². The largest absolute Gasteiger partial charge is 0.310 e. The van der Waals surface area contributed by atoms with Crippen molar-refractivity contribution in [3.8, 4) is 10.6 Å². The third-order valence-corrected chi connectivity index (χ3v) is 4.33. The molecule has 0 saturated heterocycles.